The van der Waals surface area contributed by atoms with Gasteiger partial charge in [0.25, 0.3) is 0 Å². The maximum Gasteiger partial charge on any atom is 0.341 e. The van der Waals surface area contributed by atoms with Gasteiger partial charge in [0, 0.05) is 48.8 Å². The lowest BCUT2D eigenvalue weighted by Crippen LogP contribution is -2.10. The number of nitrogens with zero attached hydrogens (tertiary/aromatic N) is 2. The van der Waals surface area contributed by atoms with Gasteiger partial charge in [-0.2, -0.15) is 0 Å². The summed E-state index contributed by atoms with van der Waals surface area (Å²) in [4.78, 5) is 35.4. The first-order chi connectivity index (χ1) is 17.3. The van der Waals surface area contributed by atoms with Crippen molar-refractivity contribution < 1.29 is 34.8 Å². The number of hydrogen-bond acceptors (Lipinski definition) is 6. The molecule has 0 amide bonds. The van der Waals surface area contributed by atoms with Gasteiger partial charge in [0.15, 0.2) is 13.2 Å². The van der Waals surface area contributed by atoms with Gasteiger partial charge in [-0.1, -0.05) is 35.4 Å². The van der Waals surface area contributed by atoms with E-state index in [1.807, 2.05) is 38.1 Å². The van der Waals surface area contributed by atoms with Crippen LogP contribution >= 0.6 is 24.8 Å². The van der Waals surface area contributed by atoms with Crippen LogP contribution in [0.2, 0.25) is 0 Å². The van der Waals surface area contributed by atoms with Gasteiger partial charge in [-0.3, -0.25) is 0 Å². The number of aryl methyl sites for hydroxylation is 2. The first-order valence-electron chi connectivity index (χ1n) is 11.1. The number of nitrogens with one attached hydrogen (secondary N) is 2. The van der Waals surface area contributed by atoms with E-state index in [0.29, 0.717) is 24.3 Å². The van der Waals surface area contributed by atoms with E-state index in [2.05, 4.69) is 19.9 Å². The summed E-state index contributed by atoms with van der Waals surface area (Å²) in [6.45, 7) is 3.28. The fraction of sp³-hybridized carbons (Fsp3) is 0.231. The number of carboxylic acids is 2. The van der Waals surface area contributed by atoms with Gasteiger partial charge < -0.3 is 35.1 Å². The topological polar surface area (TPSA) is 182 Å². The number of aromatic amines is 2. The zero-order valence-electron chi connectivity index (χ0n) is 21.3. The number of benzene rings is 2. The minimum absolute atomic E-state index is 0. The molecule has 0 aliphatic carbocycles. The number of ether oxygens (including phenoxy) is 2. The van der Waals surface area contributed by atoms with E-state index >= 15 is 0 Å². The van der Waals surface area contributed by atoms with Crippen molar-refractivity contribution in [2.45, 2.75) is 26.7 Å². The molecule has 11 nitrogen and oxygen atoms in total. The van der Waals surface area contributed by atoms with Gasteiger partial charge in [-0.15, -0.1) is 24.8 Å². The second kappa shape index (κ2) is 17.4. The van der Waals surface area contributed by atoms with Crippen LogP contribution < -0.4 is 9.47 Å². The number of H-pyrrole nitrogens is 2. The number of rotatable bonds is 10. The second-order valence-electron chi connectivity index (χ2n) is 8.01. The van der Waals surface area contributed by atoms with Crippen molar-refractivity contribution in [1.82, 2.24) is 19.9 Å². The third kappa shape index (κ3) is 11.9. The Hall–Kier alpha value is -4.06. The second-order valence-corrected chi connectivity index (χ2v) is 8.01. The zero-order valence-corrected chi connectivity index (χ0v) is 23.0. The molecular formula is C26H32Cl2N4O7. The fourth-order valence-corrected chi connectivity index (χ4v) is 3.40. The van der Waals surface area contributed by atoms with Crippen LogP contribution in [-0.4, -0.2) is 60.8 Å². The van der Waals surface area contributed by atoms with Crippen LogP contribution in [0, 0.1) is 13.8 Å². The smallest absolute Gasteiger partial charge is 0.341 e. The van der Waals surface area contributed by atoms with Gasteiger partial charge in [0.1, 0.15) is 23.1 Å². The molecule has 39 heavy (non-hydrogen) atoms. The SMILES string of the molecule is Cc1ccc(OCC(=O)O)c(Cc2ncc[nH]2)c1.Cc1ccc(OCC(=O)O)c(Cc2ncc[nH]2)c1.Cl.Cl.O. The molecule has 212 valence electrons. The third-order valence-corrected chi connectivity index (χ3v) is 4.96. The van der Waals surface area contributed by atoms with Gasteiger partial charge >= 0.3 is 11.9 Å². The predicted octanol–water partition coefficient (Wildman–Crippen LogP) is 3.56. The molecule has 2 aromatic carbocycles. The number of aliphatic carboxylic acids is 2. The summed E-state index contributed by atoms with van der Waals surface area (Å²) >= 11 is 0. The first kappa shape index (κ1) is 34.9. The molecule has 2 aromatic heterocycles. The fourth-order valence-electron chi connectivity index (χ4n) is 3.40. The van der Waals surface area contributed by atoms with E-state index in [9.17, 15) is 9.59 Å². The largest absolute Gasteiger partial charge is 0.482 e. The van der Waals surface area contributed by atoms with E-state index < -0.39 is 11.9 Å². The number of halogens is 2. The lowest BCUT2D eigenvalue weighted by atomic mass is 10.1. The minimum atomic E-state index is -0.987. The van der Waals surface area contributed by atoms with Crippen LogP contribution in [0.15, 0.2) is 61.2 Å². The summed E-state index contributed by atoms with van der Waals surface area (Å²) < 4.78 is 10.5. The average Bonchev–Trinajstić information content (AvgIpc) is 3.53. The van der Waals surface area contributed by atoms with Crippen LogP contribution in [0.25, 0.3) is 0 Å². The highest BCUT2D eigenvalue weighted by molar-refractivity contribution is 5.85. The molecule has 0 unspecified atom stereocenters. The molecule has 0 aliphatic rings. The number of aromatic nitrogens is 4. The summed E-state index contributed by atoms with van der Waals surface area (Å²) in [5.74, 6) is 0.833. The summed E-state index contributed by atoms with van der Waals surface area (Å²) in [7, 11) is 0. The van der Waals surface area contributed by atoms with E-state index in [1.54, 1.807) is 36.9 Å². The Balaban J connectivity index is 0.000000688. The molecule has 0 saturated heterocycles. The lowest BCUT2D eigenvalue weighted by molar-refractivity contribution is -0.140. The highest BCUT2D eigenvalue weighted by atomic mass is 35.5. The van der Waals surface area contributed by atoms with Crippen molar-refractivity contribution in [3.63, 3.8) is 0 Å². The van der Waals surface area contributed by atoms with Crippen molar-refractivity contribution >= 4 is 36.8 Å². The highest BCUT2D eigenvalue weighted by Crippen LogP contribution is 2.23. The Morgan fingerprint density at radius 3 is 1.44 bits per heavy atom. The summed E-state index contributed by atoms with van der Waals surface area (Å²) in [6, 6.07) is 11.3. The van der Waals surface area contributed by atoms with Crippen LogP contribution in [0.1, 0.15) is 33.9 Å². The maximum absolute atomic E-state index is 10.5. The molecule has 0 saturated carbocycles. The molecular weight excluding hydrogens is 551 g/mol. The van der Waals surface area contributed by atoms with Crippen molar-refractivity contribution in [2.24, 2.45) is 0 Å². The first-order valence-corrected chi connectivity index (χ1v) is 11.1. The van der Waals surface area contributed by atoms with E-state index in [1.165, 1.54) is 0 Å². The van der Waals surface area contributed by atoms with Crippen LogP contribution in [-0.2, 0) is 22.4 Å². The predicted molar refractivity (Wildman–Crippen MR) is 150 cm³/mol. The molecule has 0 spiro atoms. The minimum Gasteiger partial charge on any atom is -0.482 e. The number of imidazole rings is 2. The lowest BCUT2D eigenvalue weighted by Gasteiger charge is -2.10. The van der Waals surface area contributed by atoms with Crippen molar-refractivity contribution in [3.05, 3.63) is 95.1 Å². The van der Waals surface area contributed by atoms with E-state index in [-0.39, 0.29) is 43.5 Å². The molecule has 4 aromatic rings. The van der Waals surface area contributed by atoms with Crippen LogP contribution in [0.5, 0.6) is 11.5 Å². The summed E-state index contributed by atoms with van der Waals surface area (Å²) in [5.41, 5.74) is 4.04. The zero-order chi connectivity index (χ0) is 25.9. The monoisotopic (exact) mass is 582 g/mol. The van der Waals surface area contributed by atoms with Crippen molar-refractivity contribution in [2.75, 3.05) is 13.2 Å². The molecule has 0 atom stereocenters. The Labute approximate surface area is 237 Å². The molecule has 4 rings (SSSR count). The molecule has 13 heteroatoms. The van der Waals surface area contributed by atoms with Crippen LogP contribution in [0.4, 0.5) is 0 Å². The van der Waals surface area contributed by atoms with Crippen molar-refractivity contribution in [3.8, 4) is 11.5 Å². The van der Waals surface area contributed by atoms with Gasteiger partial charge in [-0.25, -0.2) is 19.6 Å². The Morgan fingerprint density at radius 1 is 0.744 bits per heavy atom. The maximum atomic E-state index is 10.5. The molecule has 0 radical (unpaired) electrons. The Kier molecular flexibility index (Phi) is 15.6. The molecule has 0 bridgehead atoms. The Bertz CT molecular complexity index is 1180. The average molecular weight is 583 g/mol. The van der Waals surface area contributed by atoms with E-state index in [0.717, 1.165) is 33.9 Å². The highest BCUT2D eigenvalue weighted by Gasteiger charge is 2.09. The number of hydrogen-bond donors (Lipinski definition) is 4. The molecule has 6 N–H and O–H groups in total. The number of carbonyl (C=O) groups is 2. The molecule has 2 heterocycles. The standard InChI is InChI=1S/2C13H14N2O3.2ClH.H2O/c2*1-9-2-3-11(18-8-13(16)17)10(6-9)7-12-14-4-5-15-12;;;/h2*2-6H,7-8H2,1H3,(H,14,15)(H,16,17);2*1H;1H2. The molecule has 0 aliphatic heterocycles. The van der Waals surface area contributed by atoms with E-state index in [4.69, 9.17) is 19.7 Å². The number of carboxylic acid groups (broad SMARTS) is 2. The molecule has 0 fully saturated rings. The third-order valence-electron chi connectivity index (χ3n) is 4.96. The summed E-state index contributed by atoms with van der Waals surface area (Å²) in [6.07, 6.45) is 8.05. The Morgan fingerprint density at radius 2 is 1.13 bits per heavy atom. The van der Waals surface area contributed by atoms with Gasteiger partial charge in [0.05, 0.1) is 0 Å². The van der Waals surface area contributed by atoms with Gasteiger partial charge in [-0.05, 0) is 26.0 Å². The van der Waals surface area contributed by atoms with Crippen molar-refractivity contribution in [1.29, 1.82) is 0 Å². The van der Waals surface area contributed by atoms with Gasteiger partial charge in [0.2, 0.25) is 0 Å². The summed E-state index contributed by atoms with van der Waals surface area (Å²) in [5, 5.41) is 17.3. The quantitative estimate of drug-likeness (QED) is 0.219. The normalized spacial score (nSPS) is 9.49. The van der Waals surface area contributed by atoms with Crippen LogP contribution in [0.3, 0.4) is 0 Å².